The summed E-state index contributed by atoms with van der Waals surface area (Å²) in [6.07, 6.45) is -2.10. The van der Waals surface area contributed by atoms with Crippen molar-refractivity contribution in [3.63, 3.8) is 0 Å². The number of hydrogen-bond acceptors (Lipinski definition) is 4. The largest absolute Gasteiger partial charge is 0.537 e. The van der Waals surface area contributed by atoms with Gasteiger partial charge in [-0.05, 0) is 115 Å². The Hall–Kier alpha value is -5.59. The van der Waals surface area contributed by atoms with Gasteiger partial charge in [0, 0.05) is 31.4 Å². The average molecular weight is 682 g/mol. The third-order valence-electron chi connectivity index (χ3n) is 9.56. The molecule has 2 aromatic heterocycles. The standard InChI is InChI=1S/C44H38N2O3Si/c1-7-29-23-25-31(28(4)41(29)33-14-12-18-36-42(33)48-44-45-34-16-8-9-17-35(34)46(36)44)30-24-22-26(2)40(27(30)3)32-15-13-21-39-43(32)47-37-19-10-11-20-38(37)49-50(39,5)6/h8-25H,7H2,1-6H3/i2D3,3D3,4D3,7D2. The number of aryl methyl sites for hydroxylation is 2. The molecule has 0 saturated heterocycles. The molecule has 0 N–H and O–H groups in total. The molecule has 0 atom stereocenters. The molecule has 1 aliphatic rings. The molecule has 9 rings (SSSR count). The summed E-state index contributed by atoms with van der Waals surface area (Å²) in [5.74, 6) is 1.34. The quantitative estimate of drug-likeness (QED) is 0.174. The Kier molecular flexibility index (Phi) is 4.67. The van der Waals surface area contributed by atoms with E-state index in [2.05, 4.69) is 4.98 Å². The predicted molar refractivity (Wildman–Crippen MR) is 207 cm³/mol. The van der Waals surface area contributed by atoms with Crippen molar-refractivity contribution >= 4 is 41.5 Å². The van der Waals surface area contributed by atoms with Gasteiger partial charge in [0.1, 0.15) is 11.5 Å². The molecular formula is C44H38N2O3Si. The molecule has 50 heavy (non-hydrogen) atoms. The molecule has 6 aromatic carbocycles. The normalized spacial score (nSPS) is 17.9. The van der Waals surface area contributed by atoms with E-state index in [9.17, 15) is 0 Å². The van der Waals surface area contributed by atoms with Crippen LogP contribution in [-0.2, 0) is 6.37 Å². The van der Waals surface area contributed by atoms with E-state index in [1.54, 1.807) is 52.9 Å². The first kappa shape index (κ1) is 20.8. The summed E-state index contributed by atoms with van der Waals surface area (Å²) >= 11 is 0. The van der Waals surface area contributed by atoms with E-state index in [0.29, 0.717) is 27.7 Å². The highest BCUT2D eigenvalue weighted by Crippen LogP contribution is 2.46. The molecule has 0 fully saturated rings. The number of aromatic nitrogens is 2. The molecule has 1 aliphatic heterocycles. The van der Waals surface area contributed by atoms with Crippen molar-refractivity contribution in [1.29, 1.82) is 0 Å². The van der Waals surface area contributed by atoms with Crippen molar-refractivity contribution in [3.8, 4) is 50.6 Å². The molecule has 246 valence electrons. The van der Waals surface area contributed by atoms with Gasteiger partial charge >= 0.3 is 5.84 Å². The van der Waals surface area contributed by atoms with Crippen LogP contribution in [0, 0.1) is 20.6 Å². The van der Waals surface area contributed by atoms with Crippen molar-refractivity contribution in [2.24, 2.45) is 0 Å². The molecule has 0 unspecified atom stereocenters. The number of fused-ring (bicyclic) bond motifs is 7. The molecule has 0 bridgehead atoms. The minimum atomic E-state index is -3.03. The minimum Gasteiger partial charge on any atom is -0.537 e. The summed E-state index contributed by atoms with van der Waals surface area (Å²) in [6.45, 7) is -3.60. The second-order valence-electron chi connectivity index (χ2n) is 12.9. The molecule has 5 nitrogen and oxygen atoms in total. The highest BCUT2D eigenvalue weighted by atomic mass is 28.4. The Labute approximate surface area is 308 Å². The van der Waals surface area contributed by atoms with Gasteiger partial charge in [0.05, 0.1) is 16.6 Å². The Morgan fingerprint density at radius 2 is 1.42 bits per heavy atom. The van der Waals surface area contributed by atoms with Crippen molar-refractivity contribution < 1.29 is 28.7 Å². The number of oxazole rings is 1. The first-order chi connectivity index (χ1) is 28.6. The van der Waals surface area contributed by atoms with E-state index in [0.717, 1.165) is 5.52 Å². The zero-order chi connectivity index (χ0) is 43.6. The number of nitrogens with zero attached hydrogens (tertiary/aromatic N) is 2. The van der Waals surface area contributed by atoms with E-state index in [1.807, 2.05) is 49.5 Å². The fraction of sp³-hybridized carbons (Fsp3) is 0.159. The smallest absolute Gasteiger partial charge is 0.307 e. The van der Waals surface area contributed by atoms with Crippen LogP contribution in [0.2, 0.25) is 13.1 Å². The van der Waals surface area contributed by atoms with Crippen LogP contribution in [0.1, 0.15) is 44.3 Å². The molecule has 0 aliphatic carbocycles. The number of para-hydroxylation sites is 6. The lowest BCUT2D eigenvalue weighted by molar-refractivity contribution is 0.463. The van der Waals surface area contributed by atoms with Crippen LogP contribution in [0.25, 0.3) is 61.4 Å². The van der Waals surface area contributed by atoms with Crippen LogP contribution in [0.5, 0.6) is 17.2 Å². The van der Waals surface area contributed by atoms with Crippen LogP contribution in [0.3, 0.4) is 0 Å². The van der Waals surface area contributed by atoms with E-state index < -0.39 is 40.8 Å². The molecule has 0 amide bonds. The summed E-state index contributed by atoms with van der Waals surface area (Å²) in [7, 11) is -2.86. The van der Waals surface area contributed by atoms with Gasteiger partial charge in [0.25, 0.3) is 8.32 Å². The van der Waals surface area contributed by atoms with Gasteiger partial charge in [-0.3, -0.25) is 4.40 Å². The Morgan fingerprint density at radius 3 is 2.24 bits per heavy atom. The van der Waals surface area contributed by atoms with E-state index in [1.165, 1.54) is 31.2 Å². The van der Waals surface area contributed by atoms with Gasteiger partial charge in [-0.2, -0.15) is 4.98 Å². The third-order valence-corrected chi connectivity index (χ3v) is 12.0. The lowest BCUT2D eigenvalue weighted by Gasteiger charge is -2.25. The summed E-state index contributed by atoms with van der Waals surface area (Å²) in [5.41, 5.74) is 1.43. The SMILES string of the molecule is [2H]C([2H])([2H])c1ccc(-c2ccc(C([2H])([2H])C)c(-c3cccc4c3oc3nc5ccccc5n34)c2C([2H])([2H])[2H])c(C([2H])([2H])[2H])c1-c1cccc2c1Oc1ccccc1O[Si]2(C)C. The summed E-state index contributed by atoms with van der Waals surface area (Å²) in [5, 5.41) is 0.658. The van der Waals surface area contributed by atoms with E-state index in [4.69, 9.17) is 28.7 Å². The maximum Gasteiger partial charge on any atom is 0.307 e. The van der Waals surface area contributed by atoms with Crippen molar-refractivity contribution in [1.82, 2.24) is 9.38 Å². The molecule has 3 heterocycles. The second-order valence-corrected chi connectivity index (χ2v) is 16.7. The monoisotopic (exact) mass is 681 g/mol. The maximum atomic E-state index is 9.10. The van der Waals surface area contributed by atoms with Gasteiger partial charge in [-0.1, -0.05) is 85.8 Å². The van der Waals surface area contributed by atoms with Crippen molar-refractivity contribution in [3.05, 3.63) is 131 Å². The van der Waals surface area contributed by atoms with Gasteiger partial charge in [-0.25, -0.2) is 0 Å². The van der Waals surface area contributed by atoms with Gasteiger partial charge < -0.3 is 13.6 Å². The molecule has 0 radical (unpaired) electrons. The molecule has 8 aromatic rings. The molecule has 6 heteroatoms. The van der Waals surface area contributed by atoms with Gasteiger partial charge in [-0.15, -0.1) is 0 Å². The molecule has 0 saturated carbocycles. The van der Waals surface area contributed by atoms with Crippen LogP contribution in [-0.4, -0.2) is 17.7 Å². The second kappa shape index (κ2) is 11.2. The first-order valence-electron chi connectivity index (χ1n) is 21.8. The number of imidazole rings is 1. The van der Waals surface area contributed by atoms with Crippen molar-refractivity contribution in [2.75, 3.05) is 0 Å². The highest BCUT2D eigenvalue weighted by molar-refractivity contribution is 6.85. The summed E-state index contributed by atoms with van der Waals surface area (Å²) < 4.78 is 120. The minimum absolute atomic E-state index is 0.00624. The van der Waals surface area contributed by atoms with Crippen LogP contribution < -0.4 is 14.3 Å². The Balaban J connectivity index is 1.41. The van der Waals surface area contributed by atoms with Crippen LogP contribution >= 0.6 is 0 Å². The summed E-state index contributed by atoms with van der Waals surface area (Å²) in [6, 6.07) is 30.4. The Morgan fingerprint density at radius 1 is 0.700 bits per heavy atom. The van der Waals surface area contributed by atoms with Crippen molar-refractivity contribution in [2.45, 2.75) is 46.9 Å². The van der Waals surface area contributed by atoms with Gasteiger partial charge in [0.2, 0.25) is 0 Å². The molecule has 0 spiro atoms. The van der Waals surface area contributed by atoms with Crippen LogP contribution in [0.4, 0.5) is 0 Å². The Bertz CT molecular complexity index is 3080. The zero-order valence-corrected chi connectivity index (χ0v) is 28.5. The summed E-state index contributed by atoms with van der Waals surface area (Å²) in [4.78, 5) is 4.64. The van der Waals surface area contributed by atoms with Gasteiger partial charge in [0.15, 0.2) is 11.3 Å². The van der Waals surface area contributed by atoms with Crippen LogP contribution in [0.15, 0.2) is 114 Å². The number of hydrogen-bond donors (Lipinski definition) is 0. The third kappa shape index (κ3) is 4.48. The lowest BCUT2D eigenvalue weighted by Crippen LogP contribution is -2.47. The number of rotatable bonds is 4. The van der Waals surface area contributed by atoms with E-state index in [-0.39, 0.29) is 67.2 Å². The maximum absolute atomic E-state index is 9.10. The fourth-order valence-electron chi connectivity index (χ4n) is 7.20. The molecular weight excluding hydrogens is 633 g/mol. The average Bonchev–Trinajstić information content (AvgIpc) is 3.69. The predicted octanol–water partition coefficient (Wildman–Crippen LogP) is 11.3. The zero-order valence-electron chi connectivity index (χ0n) is 38.5. The first-order valence-corrected chi connectivity index (χ1v) is 19.2. The highest BCUT2D eigenvalue weighted by Gasteiger charge is 2.36. The fourth-order valence-corrected chi connectivity index (χ4v) is 9.26. The number of ether oxygens (including phenoxy) is 1. The van der Waals surface area contributed by atoms with E-state index >= 15 is 0 Å². The topological polar surface area (TPSA) is 48.9 Å². The number of benzene rings is 6. The lowest BCUT2D eigenvalue weighted by atomic mass is 9.84.